The number of epoxide rings is 1. The molecule has 84 valence electrons. The molecule has 1 fully saturated rings. The fourth-order valence-corrected chi connectivity index (χ4v) is 14.0. The summed E-state index contributed by atoms with van der Waals surface area (Å²) in [7, 11) is -2.50. The van der Waals surface area contributed by atoms with Gasteiger partial charge in [0.25, 0.3) is 0 Å². The molecule has 3 heteroatoms. The van der Waals surface area contributed by atoms with Crippen LogP contribution in [-0.2, 0) is 4.74 Å². The Bertz CT molecular complexity index is 215. The van der Waals surface area contributed by atoms with Gasteiger partial charge in [-0.15, -0.1) is 0 Å². The summed E-state index contributed by atoms with van der Waals surface area (Å²) in [5.41, 5.74) is 0. The fraction of sp³-hybridized carbons (Fsp3) is 1.00. The first-order valence-electron chi connectivity index (χ1n) is 5.60. The molecule has 1 heterocycles. The van der Waals surface area contributed by atoms with E-state index in [1.165, 1.54) is 0 Å². The quantitative estimate of drug-likeness (QED) is 0.521. The Labute approximate surface area is 91.3 Å². The van der Waals surface area contributed by atoms with Crippen molar-refractivity contribution < 1.29 is 4.74 Å². The SMILES string of the molecule is CC(C)(C)[Si](C)(C)[C@@]1([Si](C)(C)C)CO1. The van der Waals surface area contributed by atoms with E-state index in [9.17, 15) is 0 Å². The Balaban J connectivity index is 3.05. The van der Waals surface area contributed by atoms with Crippen LogP contribution in [-0.4, -0.2) is 27.6 Å². The first-order valence-corrected chi connectivity index (χ1v) is 12.1. The second-order valence-electron chi connectivity index (χ2n) is 7.24. The molecule has 0 bridgehead atoms. The van der Waals surface area contributed by atoms with Crippen molar-refractivity contribution >= 4 is 16.1 Å². The summed E-state index contributed by atoms with van der Waals surface area (Å²) in [5, 5.41) is 0.448. The Morgan fingerprint density at radius 2 is 1.36 bits per heavy atom. The molecule has 0 aromatic rings. The van der Waals surface area contributed by atoms with Crippen molar-refractivity contribution in [2.75, 3.05) is 6.61 Å². The predicted octanol–water partition coefficient (Wildman–Crippen LogP) is 3.68. The fourth-order valence-electron chi connectivity index (χ4n) is 2.41. The van der Waals surface area contributed by atoms with E-state index in [4.69, 9.17) is 4.74 Å². The summed E-state index contributed by atoms with van der Waals surface area (Å²) in [6, 6.07) is 0. The van der Waals surface area contributed by atoms with E-state index < -0.39 is 16.1 Å². The molecule has 0 aliphatic carbocycles. The van der Waals surface area contributed by atoms with Gasteiger partial charge in [0.15, 0.2) is 0 Å². The topological polar surface area (TPSA) is 12.5 Å². The van der Waals surface area contributed by atoms with Crippen molar-refractivity contribution in [3.05, 3.63) is 0 Å². The summed E-state index contributed by atoms with van der Waals surface area (Å²) < 4.78 is 5.98. The molecule has 1 nitrogen and oxygen atoms in total. The van der Waals surface area contributed by atoms with Gasteiger partial charge in [0.1, 0.15) is 0 Å². The largest absolute Gasteiger partial charge is 0.377 e. The number of hydrogen-bond donors (Lipinski definition) is 0. The summed E-state index contributed by atoms with van der Waals surface area (Å²) in [4.78, 5) is 0.345. The van der Waals surface area contributed by atoms with Crippen LogP contribution in [0.1, 0.15) is 20.8 Å². The van der Waals surface area contributed by atoms with Gasteiger partial charge in [0.05, 0.1) is 27.6 Å². The standard InChI is InChI=1S/C11H26OSi2/c1-10(2,3)14(7,8)11(9-12-11)13(4,5)6/h9H2,1-8H3/t11-/m0/s1. The molecule has 0 N–H and O–H groups in total. The minimum absolute atomic E-state index is 0.345. The average molecular weight is 230 g/mol. The van der Waals surface area contributed by atoms with Crippen molar-refractivity contribution in [2.24, 2.45) is 0 Å². The number of rotatable bonds is 2. The van der Waals surface area contributed by atoms with Crippen molar-refractivity contribution in [1.29, 1.82) is 0 Å². The number of hydrogen-bond acceptors (Lipinski definition) is 1. The van der Waals surface area contributed by atoms with Crippen LogP contribution in [0.5, 0.6) is 0 Å². The van der Waals surface area contributed by atoms with Crippen LogP contribution in [0.3, 0.4) is 0 Å². The van der Waals surface area contributed by atoms with E-state index in [0.717, 1.165) is 6.61 Å². The van der Waals surface area contributed by atoms with E-state index >= 15 is 0 Å². The second-order valence-corrected chi connectivity index (χ2v) is 18.6. The van der Waals surface area contributed by atoms with Crippen LogP contribution in [0.25, 0.3) is 0 Å². The maximum atomic E-state index is 5.98. The van der Waals surface area contributed by atoms with Crippen LogP contribution in [0, 0.1) is 0 Å². The third-order valence-corrected chi connectivity index (χ3v) is 17.4. The zero-order valence-corrected chi connectivity index (χ0v) is 13.1. The van der Waals surface area contributed by atoms with Crippen molar-refractivity contribution in [2.45, 2.75) is 63.4 Å². The first kappa shape index (κ1) is 12.5. The highest BCUT2D eigenvalue weighted by Crippen LogP contribution is 2.54. The normalized spacial score (nSPS) is 29.1. The van der Waals surface area contributed by atoms with Crippen molar-refractivity contribution in [3.63, 3.8) is 0 Å². The summed E-state index contributed by atoms with van der Waals surface area (Å²) >= 11 is 0. The smallest absolute Gasteiger partial charge is 0.0896 e. The van der Waals surface area contributed by atoms with Gasteiger partial charge in [0.2, 0.25) is 0 Å². The molecule has 0 aromatic carbocycles. The Morgan fingerprint density at radius 1 is 1.00 bits per heavy atom. The Morgan fingerprint density at radius 3 is 1.43 bits per heavy atom. The zero-order chi connectivity index (χ0) is 11.4. The lowest BCUT2D eigenvalue weighted by molar-refractivity contribution is 0.413. The van der Waals surface area contributed by atoms with E-state index in [0.29, 0.717) is 9.89 Å². The molecule has 1 atom stereocenters. The summed E-state index contributed by atoms with van der Waals surface area (Å²) in [6.45, 7) is 20.6. The van der Waals surface area contributed by atoms with Crippen molar-refractivity contribution in [3.8, 4) is 0 Å². The lowest BCUT2D eigenvalue weighted by Gasteiger charge is -2.46. The van der Waals surface area contributed by atoms with Crippen LogP contribution in [0.15, 0.2) is 0 Å². The van der Waals surface area contributed by atoms with Crippen LogP contribution in [0.4, 0.5) is 0 Å². The highest BCUT2D eigenvalue weighted by atomic mass is 28.4. The monoisotopic (exact) mass is 230 g/mol. The van der Waals surface area contributed by atoms with Gasteiger partial charge in [-0.05, 0) is 5.04 Å². The van der Waals surface area contributed by atoms with Gasteiger partial charge in [0, 0.05) is 0 Å². The molecule has 1 saturated heterocycles. The van der Waals surface area contributed by atoms with E-state index in [2.05, 4.69) is 53.5 Å². The zero-order valence-electron chi connectivity index (χ0n) is 11.1. The van der Waals surface area contributed by atoms with E-state index in [1.807, 2.05) is 0 Å². The predicted molar refractivity (Wildman–Crippen MR) is 69.2 cm³/mol. The van der Waals surface area contributed by atoms with Gasteiger partial charge >= 0.3 is 0 Å². The molecule has 1 rings (SSSR count). The average Bonchev–Trinajstić information content (AvgIpc) is 2.58. The van der Waals surface area contributed by atoms with Crippen LogP contribution >= 0.6 is 0 Å². The maximum absolute atomic E-state index is 5.98. The summed E-state index contributed by atoms with van der Waals surface area (Å²) in [5.74, 6) is 0. The highest BCUT2D eigenvalue weighted by molar-refractivity contribution is 7.01. The van der Waals surface area contributed by atoms with Gasteiger partial charge in [-0.2, -0.15) is 0 Å². The molecule has 1 aliphatic rings. The van der Waals surface area contributed by atoms with Gasteiger partial charge in [-0.3, -0.25) is 0 Å². The van der Waals surface area contributed by atoms with Crippen LogP contribution < -0.4 is 0 Å². The molecule has 0 spiro atoms. The molecule has 0 saturated carbocycles. The lowest BCUT2D eigenvalue weighted by atomic mass is 10.2. The first-order chi connectivity index (χ1) is 5.96. The Kier molecular flexibility index (Phi) is 2.63. The summed E-state index contributed by atoms with van der Waals surface area (Å²) in [6.07, 6.45) is 0. The van der Waals surface area contributed by atoms with Crippen LogP contribution in [0.2, 0.25) is 37.8 Å². The molecule has 0 unspecified atom stereocenters. The second kappa shape index (κ2) is 2.95. The Hall–Kier alpha value is 0.394. The number of ether oxygens (including phenoxy) is 1. The maximum Gasteiger partial charge on any atom is 0.0896 e. The van der Waals surface area contributed by atoms with E-state index in [-0.39, 0.29) is 0 Å². The highest BCUT2D eigenvalue weighted by Gasteiger charge is 2.67. The lowest BCUT2D eigenvalue weighted by Crippen LogP contribution is -2.63. The molecular formula is C11H26OSi2. The van der Waals surface area contributed by atoms with Gasteiger partial charge < -0.3 is 4.74 Å². The third-order valence-electron chi connectivity index (χ3n) is 4.53. The van der Waals surface area contributed by atoms with Crippen molar-refractivity contribution in [1.82, 2.24) is 0 Å². The molecule has 1 aliphatic heterocycles. The third kappa shape index (κ3) is 1.53. The minimum Gasteiger partial charge on any atom is -0.377 e. The molecule has 0 aromatic heterocycles. The van der Waals surface area contributed by atoms with E-state index in [1.54, 1.807) is 0 Å². The van der Waals surface area contributed by atoms with Gasteiger partial charge in [-0.1, -0.05) is 53.5 Å². The molecule has 14 heavy (non-hydrogen) atoms. The molecule has 0 amide bonds. The molecular weight excluding hydrogens is 204 g/mol. The minimum atomic E-state index is -1.32. The van der Waals surface area contributed by atoms with Gasteiger partial charge in [-0.25, -0.2) is 0 Å². The molecule has 0 radical (unpaired) electrons.